The quantitative estimate of drug-likeness (QED) is 0.791. The van der Waals surface area contributed by atoms with Crippen LogP contribution in [0.3, 0.4) is 0 Å². The first kappa shape index (κ1) is 18.1. The molecule has 0 fully saturated rings. The van der Waals surface area contributed by atoms with Gasteiger partial charge in [0.1, 0.15) is 5.82 Å². The van der Waals surface area contributed by atoms with Crippen molar-refractivity contribution in [2.24, 2.45) is 14.1 Å². The van der Waals surface area contributed by atoms with Crippen molar-refractivity contribution < 1.29 is 4.79 Å². The van der Waals surface area contributed by atoms with Gasteiger partial charge in [-0.25, -0.2) is 4.79 Å². The molecule has 0 spiro atoms. The maximum Gasteiger partial charge on any atom is 0.332 e. The molecule has 1 aliphatic heterocycles. The fourth-order valence-corrected chi connectivity index (χ4v) is 4.23. The van der Waals surface area contributed by atoms with Crippen LogP contribution in [-0.4, -0.2) is 14.9 Å². The predicted molar refractivity (Wildman–Crippen MR) is 105 cm³/mol. The SMILES string of the molecule is Cn1c2c(c(=O)n(C)c1=O)C(c1ccc(Cl)c(Cl)c1)C1=C(CCCC1=O)N2. The Morgan fingerprint density at radius 1 is 1.04 bits per heavy atom. The predicted octanol–water partition coefficient (Wildman–Crippen LogP) is 2.96. The number of halogens is 2. The number of anilines is 1. The molecule has 8 heteroatoms. The van der Waals surface area contributed by atoms with Gasteiger partial charge in [0.15, 0.2) is 5.78 Å². The average Bonchev–Trinajstić information content (AvgIpc) is 2.65. The number of benzene rings is 1. The largest absolute Gasteiger partial charge is 0.344 e. The maximum atomic E-state index is 13.0. The molecule has 0 saturated carbocycles. The third kappa shape index (κ3) is 2.66. The highest BCUT2D eigenvalue weighted by Gasteiger charge is 2.38. The number of aromatic nitrogens is 2. The minimum absolute atomic E-state index is 0.00128. The van der Waals surface area contributed by atoms with Crippen molar-refractivity contribution in [2.75, 3.05) is 5.32 Å². The molecule has 2 heterocycles. The standard InChI is InChI=1S/C19H17Cl2N3O3/c1-23-17-16(18(26)24(2)19(23)27)14(9-6-7-10(20)11(21)8-9)15-12(22-17)4-3-5-13(15)25/h6-8,14,22H,3-5H2,1-2H3. The van der Waals surface area contributed by atoms with Gasteiger partial charge in [0.05, 0.1) is 15.6 Å². The summed E-state index contributed by atoms with van der Waals surface area (Å²) in [6.45, 7) is 0. The van der Waals surface area contributed by atoms with Crippen LogP contribution < -0.4 is 16.6 Å². The van der Waals surface area contributed by atoms with Crippen molar-refractivity contribution >= 4 is 34.8 Å². The molecular formula is C19H17Cl2N3O3. The summed E-state index contributed by atoms with van der Waals surface area (Å²) in [6, 6.07) is 5.10. The van der Waals surface area contributed by atoms with Crippen LogP contribution in [0, 0.1) is 0 Å². The normalized spacial score (nSPS) is 18.8. The van der Waals surface area contributed by atoms with Gasteiger partial charge in [-0.1, -0.05) is 29.3 Å². The van der Waals surface area contributed by atoms with Gasteiger partial charge < -0.3 is 5.32 Å². The summed E-state index contributed by atoms with van der Waals surface area (Å²) in [5, 5.41) is 3.93. The number of hydrogen-bond acceptors (Lipinski definition) is 4. The highest BCUT2D eigenvalue weighted by atomic mass is 35.5. The summed E-state index contributed by atoms with van der Waals surface area (Å²) in [6.07, 6.45) is 1.84. The fourth-order valence-electron chi connectivity index (χ4n) is 3.92. The van der Waals surface area contributed by atoms with Gasteiger partial charge in [0.25, 0.3) is 5.56 Å². The lowest BCUT2D eigenvalue weighted by atomic mass is 9.76. The molecule has 2 aliphatic rings. The van der Waals surface area contributed by atoms with E-state index in [1.54, 1.807) is 25.2 Å². The fraction of sp³-hybridized carbons (Fsp3) is 0.316. The second kappa shape index (κ2) is 6.39. The third-order valence-corrected chi connectivity index (χ3v) is 6.02. The zero-order valence-electron chi connectivity index (χ0n) is 14.8. The van der Waals surface area contributed by atoms with Gasteiger partial charge in [-0.2, -0.15) is 0 Å². The van der Waals surface area contributed by atoms with Gasteiger partial charge >= 0.3 is 5.69 Å². The summed E-state index contributed by atoms with van der Waals surface area (Å²) >= 11 is 12.3. The van der Waals surface area contributed by atoms with Gasteiger partial charge in [0.2, 0.25) is 0 Å². The molecule has 4 rings (SSSR count). The summed E-state index contributed by atoms with van der Waals surface area (Å²) in [5.41, 5.74) is 1.55. The molecule has 0 saturated heterocycles. The Morgan fingerprint density at radius 2 is 1.78 bits per heavy atom. The van der Waals surface area contributed by atoms with E-state index in [9.17, 15) is 14.4 Å². The van der Waals surface area contributed by atoms with Crippen LogP contribution in [0.15, 0.2) is 39.1 Å². The van der Waals surface area contributed by atoms with Crippen LogP contribution in [0.4, 0.5) is 5.82 Å². The van der Waals surface area contributed by atoms with Gasteiger partial charge in [-0.05, 0) is 30.5 Å². The highest BCUT2D eigenvalue weighted by Crippen LogP contribution is 2.44. The summed E-state index contributed by atoms with van der Waals surface area (Å²) < 4.78 is 2.47. The van der Waals surface area contributed by atoms with Gasteiger partial charge in [0, 0.05) is 37.7 Å². The molecule has 1 aromatic heterocycles. The lowest BCUT2D eigenvalue weighted by Gasteiger charge is -2.34. The topological polar surface area (TPSA) is 73.1 Å². The minimum Gasteiger partial charge on any atom is -0.344 e. The van der Waals surface area contributed by atoms with E-state index in [4.69, 9.17) is 23.2 Å². The van der Waals surface area contributed by atoms with Crippen LogP contribution in [0.2, 0.25) is 10.0 Å². The molecule has 1 aliphatic carbocycles. The Kier molecular flexibility index (Phi) is 4.28. The van der Waals surface area contributed by atoms with E-state index in [-0.39, 0.29) is 5.78 Å². The monoisotopic (exact) mass is 405 g/mol. The van der Waals surface area contributed by atoms with E-state index in [2.05, 4.69) is 5.32 Å². The first-order chi connectivity index (χ1) is 12.8. The van der Waals surface area contributed by atoms with E-state index in [0.29, 0.717) is 45.4 Å². The van der Waals surface area contributed by atoms with Crippen molar-refractivity contribution in [3.05, 3.63) is 71.5 Å². The molecule has 0 radical (unpaired) electrons. The third-order valence-electron chi connectivity index (χ3n) is 5.28. The molecule has 1 aromatic carbocycles. The van der Waals surface area contributed by atoms with E-state index < -0.39 is 17.2 Å². The van der Waals surface area contributed by atoms with Crippen LogP contribution in [0.1, 0.15) is 36.3 Å². The molecular weight excluding hydrogens is 389 g/mol. The first-order valence-electron chi connectivity index (χ1n) is 8.59. The van der Waals surface area contributed by atoms with Gasteiger partial charge in [-0.15, -0.1) is 0 Å². The number of ketones is 1. The number of allylic oxidation sites excluding steroid dienone is 2. The lowest BCUT2D eigenvalue weighted by Crippen LogP contribution is -2.44. The van der Waals surface area contributed by atoms with Crippen LogP contribution in [0.5, 0.6) is 0 Å². The second-order valence-electron chi connectivity index (χ2n) is 6.87. The smallest absolute Gasteiger partial charge is 0.332 e. The molecule has 27 heavy (non-hydrogen) atoms. The van der Waals surface area contributed by atoms with Crippen molar-refractivity contribution in [1.82, 2.24) is 9.13 Å². The number of rotatable bonds is 1. The zero-order chi connectivity index (χ0) is 19.5. The molecule has 0 bridgehead atoms. The molecule has 140 valence electrons. The molecule has 6 nitrogen and oxygen atoms in total. The average molecular weight is 406 g/mol. The zero-order valence-corrected chi connectivity index (χ0v) is 16.3. The lowest BCUT2D eigenvalue weighted by molar-refractivity contribution is -0.116. The molecule has 1 N–H and O–H groups in total. The second-order valence-corrected chi connectivity index (χ2v) is 7.68. The van der Waals surface area contributed by atoms with Crippen molar-refractivity contribution in [1.29, 1.82) is 0 Å². The van der Waals surface area contributed by atoms with Crippen LogP contribution in [-0.2, 0) is 18.9 Å². The number of carbonyl (C=O) groups is 1. The Labute approximate surface area is 165 Å². The van der Waals surface area contributed by atoms with Crippen LogP contribution in [0.25, 0.3) is 0 Å². The van der Waals surface area contributed by atoms with Crippen molar-refractivity contribution in [2.45, 2.75) is 25.2 Å². The van der Waals surface area contributed by atoms with Crippen LogP contribution >= 0.6 is 23.2 Å². The number of nitrogens with zero attached hydrogens (tertiary/aromatic N) is 2. The van der Waals surface area contributed by atoms with E-state index in [1.165, 1.54) is 11.6 Å². The van der Waals surface area contributed by atoms with Gasteiger partial charge in [-0.3, -0.25) is 18.7 Å². The summed E-state index contributed by atoms with van der Waals surface area (Å²) in [7, 11) is 3.04. The van der Waals surface area contributed by atoms with E-state index in [1.807, 2.05) is 0 Å². The summed E-state index contributed by atoms with van der Waals surface area (Å²) in [4.78, 5) is 38.2. The Balaban J connectivity index is 2.09. The Bertz CT molecular complexity index is 1140. The van der Waals surface area contributed by atoms with Crippen molar-refractivity contribution in [3.8, 4) is 0 Å². The molecule has 2 aromatic rings. The maximum absolute atomic E-state index is 13.0. The molecule has 1 atom stereocenters. The number of nitrogens with one attached hydrogen (secondary N) is 1. The highest BCUT2D eigenvalue weighted by molar-refractivity contribution is 6.42. The minimum atomic E-state index is -0.593. The number of hydrogen-bond donors (Lipinski definition) is 1. The molecule has 0 amide bonds. The van der Waals surface area contributed by atoms with E-state index in [0.717, 1.165) is 16.7 Å². The molecule has 1 unspecified atom stereocenters. The van der Waals surface area contributed by atoms with Crippen molar-refractivity contribution in [3.63, 3.8) is 0 Å². The number of carbonyl (C=O) groups excluding carboxylic acids is 1. The van der Waals surface area contributed by atoms with E-state index >= 15 is 0 Å². The Hall–Kier alpha value is -2.31. The first-order valence-corrected chi connectivity index (χ1v) is 9.35. The summed E-state index contributed by atoms with van der Waals surface area (Å²) in [5.74, 6) is -0.168. The number of Topliss-reactive ketones (excluding diaryl/α,β-unsaturated/α-hetero) is 1. The number of fused-ring (bicyclic) bond motifs is 1. The Morgan fingerprint density at radius 3 is 2.48 bits per heavy atom.